The number of nitrogens with one attached hydrogen (secondary N) is 1. The maximum absolute atomic E-state index is 12.2. The fraction of sp³-hybridized carbons (Fsp3) is 0.350. The van der Waals surface area contributed by atoms with Gasteiger partial charge in [0, 0.05) is 18.7 Å². The quantitative estimate of drug-likeness (QED) is 0.791. The molecule has 0 saturated heterocycles. The van der Waals surface area contributed by atoms with Crippen LogP contribution in [-0.4, -0.2) is 36.7 Å². The van der Waals surface area contributed by atoms with Crippen molar-refractivity contribution in [2.24, 2.45) is 0 Å². The Morgan fingerprint density at radius 3 is 2.17 bits per heavy atom. The van der Waals surface area contributed by atoms with E-state index in [0.29, 0.717) is 6.42 Å². The first kappa shape index (κ1) is 18.0. The molecule has 0 aliphatic carbocycles. The van der Waals surface area contributed by atoms with Gasteiger partial charge in [-0.15, -0.1) is 0 Å². The van der Waals surface area contributed by atoms with E-state index in [2.05, 4.69) is 36.2 Å². The number of amides is 1. The number of benzene rings is 2. The van der Waals surface area contributed by atoms with E-state index in [1.165, 1.54) is 5.56 Å². The highest BCUT2D eigenvalue weighted by molar-refractivity contribution is 5.84. The summed E-state index contributed by atoms with van der Waals surface area (Å²) >= 11 is 0. The minimum atomic E-state index is -0.408. The van der Waals surface area contributed by atoms with E-state index in [0.717, 1.165) is 25.3 Å². The lowest BCUT2D eigenvalue weighted by Gasteiger charge is -2.25. The van der Waals surface area contributed by atoms with Crippen molar-refractivity contribution in [3.05, 3.63) is 66.2 Å². The first-order valence-corrected chi connectivity index (χ1v) is 8.50. The second kappa shape index (κ2) is 9.73. The predicted molar refractivity (Wildman–Crippen MR) is 98.3 cm³/mol. The van der Waals surface area contributed by atoms with Gasteiger partial charge in [0.1, 0.15) is 6.10 Å². The molecule has 128 valence electrons. The van der Waals surface area contributed by atoms with Crippen LogP contribution in [0.5, 0.6) is 0 Å². The first-order chi connectivity index (χ1) is 11.7. The Kier molecular flexibility index (Phi) is 7.30. The molecule has 4 nitrogen and oxygen atoms in total. The lowest BCUT2D eigenvalue weighted by molar-refractivity contribution is 0.0825. The van der Waals surface area contributed by atoms with Crippen LogP contribution >= 0.6 is 0 Å². The minimum Gasteiger partial charge on any atom is -0.444 e. The van der Waals surface area contributed by atoms with Gasteiger partial charge in [-0.05, 0) is 30.8 Å². The Bertz CT molecular complexity index is 598. The standard InChI is InChI=1S/C20H26N2O2/c1-3-22(4-2)16-19(15-17-11-7-5-8-12-17)24-20(23)21-18-13-9-6-10-14-18/h5-14,19H,3-4,15-16H2,1-2H3,(H,21,23)/t19-/m1/s1. The van der Waals surface area contributed by atoms with Gasteiger partial charge in [0.2, 0.25) is 0 Å². The van der Waals surface area contributed by atoms with Crippen molar-refractivity contribution in [3.8, 4) is 0 Å². The third-order valence-electron chi connectivity index (χ3n) is 3.96. The van der Waals surface area contributed by atoms with Crippen LogP contribution in [0.1, 0.15) is 19.4 Å². The molecule has 0 aromatic heterocycles. The molecule has 4 heteroatoms. The first-order valence-electron chi connectivity index (χ1n) is 8.50. The Balaban J connectivity index is 1.99. The second-order valence-electron chi connectivity index (χ2n) is 5.69. The largest absolute Gasteiger partial charge is 0.444 e. The molecule has 1 amide bonds. The highest BCUT2D eigenvalue weighted by Gasteiger charge is 2.18. The maximum atomic E-state index is 12.2. The summed E-state index contributed by atoms with van der Waals surface area (Å²) in [5.74, 6) is 0. The summed E-state index contributed by atoms with van der Waals surface area (Å²) in [5.41, 5.74) is 1.91. The molecule has 0 aliphatic heterocycles. The Hall–Kier alpha value is -2.33. The normalized spacial score (nSPS) is 12.0. The van der Waals surface area contributed by atoms with Crippen LogP contribution in [0, 0.1) is 0 Å². The van der Waals surface area contributed by atoms with Gasteiger partial charge in [-0.2, -0.15) is 0 Å². The minimum absolute atomic E-state index is 0.184. The van der Waals surface area contributed by atoms with Crippen LogP contribution < -0.4 is 5.32 Å². The number of carbonyl (C=O) groups excluding carboxylic acids is 1. The summed E-state index contributed by atoms with van der Waals surface area (Å²) in [6, 6.07) is 19.5. The van der Waals surface area contributed by atoms with Crippen molar-refractivity contribution in [1.82, 2.24) is 4.90 Å². The Labute approximate surface area is 144 Å². The van der Waals surface area contributed by atoms with Gasteiger partial charge in [-0.1, -0.05) is 62.4 Å². The Morgan fingerprint density at radius 1 is 1.00 bits per heavy atom. The molecule has 2 rings (SSSR count). The van der Waals surface area contributed by atoms with Crippen molar-refractivity contribution in [3.63, 3.8) is 0 Å². The van der Waals surface area contributed by atoms with Crippen LogP contribution in [0.15, 0.2) is 60.7 Å². The highest BCUT2D eigenvalue weighted by atomic mass is 16.6. The van der Waals surface area contributed by atoms with E-state index in [4.69, 9.17) is 4.74 Å². The molecular formula is C20H26N2O2. The number of nitrogens with zero attached hydrogens (tertiary/aromatic N) is 1. The molecule has 0 saturated carbocycles. The van der Waals surface area contributed by atoms with Gasteiger partial charge >= 0.3 is 6.09 Å². The smallest absolute Gasteiger partial charge is 0.411 e. The number of rotatable bonds is 8. The summed E-state index contributed by atoms with van der Waals surface area (Å²) < 4.78 is 5.70. The zero-order chi connectivity index (χ0) is 17.2. The van der Waals surface area contributed by atoms with E-state index in [1.54, 1.807) is 0 Å². The van der Waals surface area contributed by atoms with Gasteiger partial charge in [-0.25, -0.2) is 4.79 Å². The molecule has 1 N–H and O–H groups in total. The van der Waals surface area contributed by atoms with Crippen molar-refractivity contribution in [2.75, 3.05) is 25.0 Å². The molecule has 0 unspecified atom stereocenters. The molecule has 0 spiro atoms. The predicted octanol–water partition coefficient (Wildman–Crippen LogP) is 4.19. The number of ether oxygens (including phenoxy) is 1. The number of likely N-dealkylation sites (N-methyl/N-ethyl adjacent to an activating group) is 1. The summed E-state index contributed by atoms with van der Waals surface area (Å²) in [6.07, 6.45) is 0.116. The third kappa shape index (κ3) is 6.05. The third-order valence-corrected chi connectivity index (χ3v) is 3.96. The van der Waals surface area contributed by atoms with Gasteiger partial charge in [0.15, 0.2) is 0 Å². The summed E-state index contributed by atoms with van der Waals surface area (Å²) in [5, 5.41) is 2.79. The Morgan fingerprint density at radius 2 is 1.58 bits per heavy atom. The molecule has 2 aromatic carbocycles. The van der Waals surface area contributed by atoms with Crippen LogP contribution in [-0.2, 0) is 11.2 Å². The molecule has 0 aliphatic rings. The fourth-order valence-electron chi connectivity index (χ4n) is 2.61. The average Bonchev–Trinajstić information content (AvgIpc) is 2.61. The fourth-order valence-corrected chi connectivity index (χ4v) is 2.61. The summed E-state index contributed by atoms with van der Waals surface area (Å²) in [7, 11) is 0. The van der Waals surface area contributed by atoms with E-state index in [-0.39, 0.29) is 6.10 Å². The number of anilines is 1. The highest BCUT2D eigenvalue weighted by Crippen LogP contribution is 2.11. The molecule has 0 bridgehead atoms. The molecule has 0 fully saturated rings. The average molecular weight is 326 g/mol. The van der Waals surface area contributed by atoms with Crippen LogP contribution in [0.3, 0.4) is 0 Å². The summed E-state index contributed by atoms with van der Waals surface area (Å²) in [4.78, 5) is 14.5. The molecule has 24 heavy (non-hydrogen) atoms. The summed E-state index contributed by atoms with van der Waals surface area (Å²) in [6.45, 7) is 6.83. The van der Waals surface area contributed by atoms with E-state index >= 15 is 0 Å². The lowest BCUT2D eigenvalue weighted by atomic mass is 10.1. The number of para-hydroxylation sites is 1. The van der Waals surface area contributed by atoms with Gasteiger partial charge in [0.25, 0.3) is 0 Å². The zero-order valence-corrected chi connectivity index (χ0v) is 14.4. The lowest BCUT2D eigenvalue weighted by Crippen LogP contribution is -2.37. The molecule has 1 atom stereocenters. The van der Waals surface area contributed by atoms with Gasteiger partial charge < -0.3 is 9.64 Å². The van der Waals surface area contributed by atoms with Gasteiger partial charge in [-0.3, -0.25) is 5.32 Å². The van der Waals surface area contributed by atoms with E-state index in [1.807, 2.05) is 48.5 Å². The SMILES string of the molecule is CCN(CC)C[C@@H](Cc1ccccc1)OC(=O)Nc1ccccc1. The van der Waals surface area contributed by atoms with Crippen LogP contribution in [0.25, 0.3) is 0 Å². The van der Waals surface area contributed by atoms with E-state index < -0.39 is 6.09 Å². The monoisotopic (exact) mass is 326 g/mol. The number of carbonyl (C=O) groups is 1. The zero-order valence-electron chi connectivity index (χ0n) is 14.4. The van der Waals surface area contributed by atoms with Crippen molar-refractivity contribution < 1.29 is 9.53 Å². The van der Waals surface area contributed by atoms with Crippen molar-refractivity contribution in [2.45, 2.75) is 26.4 Å². The number of hydrogen-bond acceptors (Lipinski definition) is 3. The number of hydrogen-bond donors (Lipinski definition) is 1. The topological polar surface area (TPSA) is 41.6 Å². The molecule has 2 aromatic rings. The molecular weight excluding hydrogens is 300 g/mol. The molecule has 0 radical (unpaired) electrons. The van der Waals surface area contributed by atoms with Crippen LogP contribution in [0.2, 0.25) is 0 Å². The van der Waals surface area contributed by atoms with Crippen molar-refractivity contribution >= 4 is 11.8 Å². The van der Waals surface area contributed by atoms with E-state index in [9.17, 15) is 4.79 Å². The van der Waals surface area contributed by atoms with Gasteiger partial charge in [0.05, 0.1) is 0 Å². The molecule has 0 heterocycles. The van der Waals surface area contributed by atoms with Crippen molar-refractivity contribution in [1.29, 1.82) is 0 Å². The second-order valence-corrected chi connectivity index (χ2v) is 5.69. The maximum Gasteiger partial charge on any atom is 0.411 e. The van der Waals surface area contributed by atoms with Crippen LogP contribution in [0.4, 0.5) is 10.5 Å².